The molecule has 1 amide bonds. The summed E-state index contributed by atoms with van der Waals surface area (Å²) in [5, 5.41) is 0. The minimum Gasteiger partial charge on any atom is -0.342 e. The molecule has 0 aromatic rings. The molecule has 0 aromatic carbocycles. The average Bonchev–Trinajstić information content (AvgIpc) is 2.36. The van der Waals surface area contributed by atoms with Gasteiger partial charge < -0.3 is 4.90 Å². The fraction of sp³-hybridized carbons (Fsp3) is 0.944. The highest BCUT2D eigenvalue weighted by Gasteiger charge is 2.40. The van der Waals surface area contributed by atoms with Crippen LogP contribution in [0.3, 0.4) is 0 Å². The Labute approximate surface area is 137 Å². The highest BCUT2D eigenvalue weighted by atomic mass is 32.1. The maximum atomic E-state index is 12.9. The molecule has 0 radical (unpaired) electrons. The zero-order valence-corrected chi connectivity index (χ0v) is 16.0. The Bertz CT molecular complexity index is 352. The Hall–Kier alpha value is -0.180. The zero-order chi connectivity index (χ0) is 16.4. The van der Waals surface area contributed by atoms with Gasteiger partial charge in [-0.1, -0.05) is 48.5 Å². The summed E-state index contributed by atoms with van der Waals surface area (Å²) in [7, 11) is 0. The van der Waals surface area contributed by atoms with Gasteiger partial charge >= 0.3 is 0 Å². The first kappa shape index (κ1) is 18.9. The smallest absolute Gasteiger partial charge is 0.228 e. The van der Waals surface area contributed by atoms with Crippen molar-refractivity contribution in [3.05, 3.63) is 0 Å². The Kier molecular flexibility index (Phi) is 6.23. The molecule has 2 nitrogen and oxygen atoms in total. The van der Waals surface area contributed by atoms with E-state index in [4.69, 9.17) is 12.6 Å². The normalized spacial score (nSPS) is 21.0. The van der Waals surface area contributed by atoms with E-state index in [1.54, 1.807) is 0 Å². The highest BCUT2D eigenvalue weighted by molar-refractivity contribution is 7.81. The second-order valence-corrected chi connectivity index (χ2v) is 9.47. The fourth-order valence-electron chi connectivity index (χ4n) is 3.37. The van der Waals surface area contributed by atoms with Gasteiger partial charge in [0.15, 0.2) is 0 Å². The maximum Gasteiger partial charge on any atom is 0.228 e. The third-order valence-electron chi connectivity index (χ3n) is 5.39. The molecule has 124 valence electrons. The van der Waals surface area contributed by atoms with Crippen molar-refractivity contribution in [1.82, 2.24) is 4.90 Å². The van der Waals surface area contributed by atoms with Crippen LogP contribution in [0.5, 0.6) is 0 Å². The Morgan fingerprint density at radius 2 is 1.62 bits per heavy atom. The molecule has 1 fully saturated rings. The minimum absolute atomic E-state index is 0.102. The zero-order valence-electron chi connectivity index (χ0n) is 15.1. The van der Waals surface area contributed by atoms with Crippen LogP contribution in [0, 0.1) is 23.2 Å². The number of carbonyl (C=O) groups excluding carboxylic acids is 1. The third-order valence-corrected chi connectivity index (χ3v) is 6.07. The molecule has 0 aromatic heterocycles. The molecule has 0 saturated carbocycles. The maximum absolute atomic E-state index is 12.9. The van der Waals surface area contributed by atoms with Crippen LogP contribution in [0.15, 0.2) is 0 Å². The first-order chi connectivity index (χ1) is 9.47. The molecule has 1 saturated heterocycles. The summed E-state index contributed by atoms with van der Waals surface area (Å²) in [4.78, 5) is 15.0. The number of piperidine rings is 1. The first-order valence-electron chi connectivity index (χ1n) is 8.49. The lowest BCUT2D eigenvalue weighted by Gasteiger charge is -2.41. The van der Waals surface area contributed by atoms with Crippen molar-refractivity contribution >= 4 is 18.5 Å². The van der Waals surface area contributed by atoms with E-state index in [0.29, 0.717) is 11.8 Å². The van der Waals surface area contributed by atoms with Gasteiger partial charge in [0.05, 0.1) is 0 Å². The van der Waals surface area contributed by atoms with Crippen molar-refractivity contribution in [2.45, 2.75) is 72.5 Å². The molecular weight excluding hydrogens is 278 g/mol. The summed E-state index contributed by atoms with van der Waals surface area (Å²) in [5.41, 5.74) is -0.328. The van der Waals surface area contributed by atoms with Crippen LogP contribution in [0.25, 0.3) is 0 Å². The lowest BCUT2D eigenvalue weighted by atomic mass is 9.77. The molecule has 0 N–H and O–H groups in total. The lowest BCUT2D eigenvalue weighted by Crippen LogP contribution is -2.48. The fourth-order valence-corrected chi connectivity index (χ4v) is 3.77. The van der Waals surface area contributed by atoms with Gasteiger partial charge in [-0.15, -0.1) is 0 Å². The first-order valence-corrected chi connectivity index (χ1v) is 8.94. The van der Waals surface area contributed by atoms with Crippen molar-refractivity contribution < 1.29 is 4.79 Å². The molecule has 1 aliphatic rings. The van der Waals surface area contributed by atoms with Gasteiger partial charge in [-0.2, -0.15) is 12.6 Å². The van der Waals surface area contributed by atoms with Gasteiger partial charge in [-0.3, -0.25) is 4.79 Å². The van der Waals surface area contributed by atoms with Gasteiger partial charge in [0, 0.05) is 23.3 Å². The molecule has 3 heteroatoms. The molecule has 1 aliphatic heterocycles. The predicted molar refractivity (Wildman–Crippen MR) is 94.8 cm³/mol. The average molecular weight is 314 g/mol. The van der Waals surface area contributed by atoms with Crippen LogP contribution in [0.4, 0.5) is 0 Å². The number of hydrogen-bond donors (Lipinski definition) is 1. The predicted octanol–water partition coefficient (Wildman–Crippen LogP) is 4.64. The number of carbonyl (C=O) groups is 1. The molecule has 1 heterocycles. The molecule has 1 rings (SSSR count). The van der Waals surface area contributed by atoms with Crippen molar-refractivity contribution in [3.63, 3.8) is 0 Å². The Morgan fingerprint density at radius 1 is 1.14 bits per heavy atom. The summed E-state index contributed by atoms with van der Waals surface area (Å²) in [5.74, 6) is 2.28. The van der Waals surface area contributed by atoms with E-state index in [-0.39, 0.29) is 10.2 Å². The van der Waals surface area contributed by atoms with Crippen LogP contribution in [0.1, 0.15) is 67.7 Å². The van der Waals surface area contributed by atoms with Gasteiger partial charge in [0.25, 0.3) is 0 Å². The molecule has 1 unspecified atom stereocenters. The molecule has 0 aliphatic carbocycles. The van der Waals surface area contributed by atoms with E-state index in [0.717, 1.165) is 44.2 Å². The Morgan fingerprint density at radius 3 is 2.00 bits per heavy atom. The Balaban J connectivity index is 2.66. The number of amides is 1. The van der Waals surface area contributed by atoms with E-state index in [1.165, 1.54) is 0 Å². The van der Waals surface area contributed by atoms with Crippen LogP contribution >= 0.6 is 12.6 Å². The SMILES string of the molecule is CC(C)C1CCN(C(=O)C(C)(C)CC(C)(S)C(C)C)CC1. The van der Waals surface area contributed by atoms with E-state index >= 15 is 0 Å². The summed E-state index contributed by atoms with van der Waals surface area (Å²) in [6, 6.07) is 0. The van der Waals surface area contributed by atoms with Crippen LogP contribution in [-0.4, -0.2) is 28.6 Å². The largest absolute Gasteiger partial charge is 0.342 e. The van der Waals surface area contributed by atoms with Gasteiger partial charge in [0.1, 0.15) is 0 Å². The molecule has 0 spiro atoms. The van der Waals surface area contributed by atoms with Crippen molar-refractivity contribution in [2.75, 3.05) is 13.1 Å². The van der Waals surface area contributed by atoms with Crippen molar-refractivity contribution in [2.24, 2.45) is 23.2 Å². The third kappa shape index (κ3) is 4.91. The molecule has 0 bridgehead atoms. The van der Waals surface area contributed by atoms with Crippen molar-refractivity contribution in [1.29, 1.82) is 0 Å². The molecule has 21 heavy (non-hydrogen) atoms. The van der Waals surface area contributed by atoms with Gasteiger partial charge in [0.2, 0.25) is 5.91 Å². The van der Waals surface area contributed by atoms with Gasteiger partial charge in [-0.25, -0.2) is 0 Å². The standard InChI is InChI=1S/C18H35NOS/c1-13(2)15-8-10-19(11-9-15)16(20)17(5,6)12-18(7,21)14(3)4/h13-15,21H,8-12H2,1-7H3. The second-order valence-electron chi connectivity index (χ2n) is 8.45. The number of nitrogens with zero attached hydrogens (tertiary/aromatic N) is 1. The number of likely N-dealkylation sites (tertiary alicyclic amines) is 1. The number of thiol groups is 1. The molecular formula is C18H35NOS. The van der Waals surface area contributed by atoms with E-state index in [2.05, 4.69) is 53.4 Å². The summed E-state index contributed by atoms with van der Waals surface area (Å²) >= 11 is 4.80. The minimum atomic E-state index is -0.328. The second kappa shape index (κ2) is 6.93. The summed E-state index contributed by atoms with van der Waals surface area (Å²) in [6.07, 6.45) is 3.13. The molecule has 1 atom stereocenters. The van der Waals surface area contributed by atoms with Crippen molar-refractivity contribution in [3.8, 4) is 0 Å². The quantitative estimate of drug-likeness (QED) is 0.733. The van der Waals surface area contributed by atoms with E-state index < -0.39 is 0 Å². The summed E-state index contributed by atoms with van der Waals surface area (Å²) < 4.78 is -0.102. The topological polar surface area (TPSA) is 20.3 Å². The number of hydrogen-bond acceptors (Lipinski definition) is 2. The van der Waals surface area contributed by atoms with Crippen LogP contribution in [-0.2, 0) is 4.79 Å². The van der Waals surface area contributed by atoms with E-state index in [1.807, 2.05) is 0 Å². The number of rotatable bonds is 5. The van der Waals surface area contributed by atoms with Crippen LogP contribution in [0.2, 0.25) is 0 Å². The lowest BCUT2D eigenvalue weighted by molar-refractivity contribution is -0.142. The van der Waals surface area contributed by atoms with Gasteiger partial charge in [-0.05, 0) is 37.0 Å². The monoisotopic (exact) mass is 313 g/mol. The van der Waals surface area contributed by atoms with Crippen LogP contribution < -0.4 is 0 Å². The highest BCUT2D eigenvalue weighted by Crippen LogP contribution is 2.39. The summed E-state index contributed by atoms with van der Waals surface area (Å²) in [6.45, 7) is 17.1. The van der Waals surface area contributed by atoms with E-state index in [9.17, 15) is 4.79 Å².